The first-order valence-electron chi connectivity index (χ1n) is 7.40. The van der Waals surface area contributed by atoms with Crippen molar-refractivity contribution < 1.29 is 14.7 Å². The van der Waals surface area contributed by atoms with Crippen LogP contribution in [0.15, 0.2) is 72.8 Å². The van der Waals surface area contributed by atoms with Crippen LogP contribution >= 0.6 is 0 Å². The fourth-order valence-electron chi connectivity index (χ4n) is 2.58. The van der Waals surface area contributed by atoms with E-state index in [9.17, 15) is 14.7 Å². The summed E-state index contributed by atoms with van der Waals surface area (Å²) >= 11 is 0. The normalized spacial score (nSPS) is 10.3. The highest BCUT2D eigenvalue weighted by Gasteiger charge is 2.17. The molecule has 0 atom stereocenters. The molecule has 0 aliphatic carbocycles. The number of carbonyl (C=O) groups is 2. The van der Waals surface area contributed by atoms with Crippen LogP contribution in [-0.2, 0) is 0 Å². The van der Waals surface area contributed by atoms with E-state index in [4.69, 9.17) is 5.73 Å². The molecule has 3 aromatic carbocycles. The molecule has 118 valence electrons. The van der Waals surface area contributed by atoms with Gasteiger partial charge in [0.2, 0.25) is 0 Å². The number of benzene rings is 3. The Labute approximate surface area is 139 Å². The van der Waals surface area contributed by atoms with Crippen LogP contribution in [0, 0.1) is 0 Å². The molecule has 0 aliphatic rings. The number of nitrogen functional groups attached to an aromatic ring is 1. The molecule has 0 saturated carbocycles. The van der Waals surface area contributed by atoms with Gasteiger partial charge in [-0.15, -0.1) is 0 Å². The summed E-state index contributed by atoms with van der Waals surface area (Å²) in [6, 6.07) is 20.7. The molecule has 0 bridgehead atoms. The van der Waals surface area contributed by atoms with Crippen molar-refractivity contribution in [2.75, 3.05) is 5.73 Å². The zero-order valence-electron chi connectivity index (χ0n) is 12.8. The Morgan fingerprint density at radius 3 is 1.96 bits per heavy atom. The first kappa shape index (κ1) is 15.5. The summed E-state index contributed by atoms with van der Waals surface area (Å²) in [5.41, 5.74) is 9.02. The molecule has 3 aromatic rings. The standard InChI is InChI=1S/C20H15NO3/c21-18-8-4-3-5-15(18)13-9-11-14(12-10-13)19(22)16-6-1-2-7-17(16)20(23)24/h1-12H,21H2,(H,23,24). The van der Waals surface area contributed by atoms with E-state index in [1.165, 1.54) is 12.1 Å². The van der Waals surface area contributed by atoms with Crippen LogP contribution < -0.4 is 5.73 Å². The first-order chi connectivity index (χ1) is 11.6. The van der Waals surface area contributed by atoms with Crippen molar-refractivity contribution >= 4 is 17.4 Å². The number of rotatable bonds is 4. The van der Waals surface area contributed by atoms with Crippen molar-refractivity contribution in [1.29, 1.82) is 0 Å². The highest BCUT2D eigenvalue weighted by molar-refractivity contribution is 6.14. The monoisotopic (exact) mass is 317 g/mol. The van der Waals surface area contributed by atoms with Crippen molar-refractivity contribution in [2.24, 2.45) is 0 Å². The van der Waals surface area contributed by atoms with Gasteiger partial charge in [-0.05, 0) is 17.7 Å². The summed E-state index contributed by atoms with van der Waals surface area (Å²) in [5.74, 6) is -1.44. The fraction of sp³-hybridized carbons (Fsp3) is 0. The van der Waals surface area contributed by atoms with Gasteiger partial charge >= 0.3 is 5.97 Å². The second kappa shape index (κ2) is 6.38. The highest BCUT2D eigenvalue weighted by Crippen LogP contribution is 2.26. The van der Waals surface area contributed by atoms with Gasteiger partial charge in [-0.25, -0.2) is 4.79 Å². The Bertz CT molecular complexity index is 914. The van der Waals surface area contributed by atoms with Crippen molar-refractivity contribution in [1.82, 2.24) is 0 Å². The summed E-state index contributed by atoms with van der Waals surface area (Å²) in [7, 11) is 0. The van der Waals surface area contributed by atoms with Gasteiger partial charge < -0.3 is 10.8 Å². The molecule has 3 rings (SSSR count). The minimum atomic E-state index is -1.12. The van der Waals surface area contributed by atoms with Gasteiger partial charge in [0, 0.05) is 22.4 Å². The quantitative estimate of drug-likeness (QED) is 0.565. The number of anilines is 1. The van der Waals surface area contributed by atoms with E-state index in [1.807, 2.05) is 36.4 Å². The van der Waals surface area contributed by atoms with Crippen LogP contribution in [0.2, 0.25) is 0 Å². The maximum absolute atomic E-state index is 12.6. The first-order valence-corrected chi connectivity index (χ1v) is 7.40. The molecular weight excluding hydrogens is 302 g/mol. The lowest BCUT2D eigenvalue weighted by atomic mass is 9.96. The van der Waals surface area contributed by atoms with Gasteiger partial charge in [0.25, 0.3) is 0 Å². The Morgan fingerprint density at radius 2 is 1.33 bits per heavy atom. The molecule has 0 spiro atoms. The number of ketones is 1. The van der Waals surface area contributed by atoms with Gasteiger partial charge in [0.1, 0.15) is 0 Å². The van der Waals surface area contributed by atoms with Crippen LogP contribution in [0.5, 0.6) is 0 Å². The van der Waals surface area contributed by atoms with E-state index in [1.54, 1.807) is 24.3 Å². The zero-order valence-corrected chi connectivity index (χ0v) is 12.8. The smallest absolute Gasteiger partial charge is 0.336 e. The van der Waals surface area contributed by atoms with E-state index in [0.29, 0.717) is 11.3 Å². The molecule has 0 amide bonds. The molecule has 0 aliphatic heterocycles. The van der Waals surface area contributed by atoms with E-state index in [-0.39, 0.29) is 16.9 Å². The number of aromatic carboxylic acids is 1. The van der Waals surface area contributed by atoms with Crippen molar-refractivity contribution in [3.05, 3.63) is 89.5 Å². The Hall–Kier alpha value is -3.40. The lowest BCUT2D eigenvalue weighted by Crippen LogP contribution is -2.09. The van der Waals surface area contributed by atoms with E-state index in [0.717, 1.165) is 11.1 Å². The highest BCUT2D eigenvalue weighted by atomic mass is 16.4. The Morgan fingerprint density at radius 1 is 0.750 bits per heavy atom. The Balaban J connectivity index is 1.96. The molecule has 0 heterocycles. The number of carboxylic acids is 1. The molecule has 0 saturated heterocycles. The molecule has 0 aromatic heterocycles. The predicted octanol–water partition coefficient (Wildman–Crippen LogP) is 3.87. The number of nitrogens with two attached hydrogens (primary N) is 1. The van der Waals surface area contributed by atoms with Crippen molar-refractivity contribution in [3.8, 4) is 11.1 Å². The minimum absolute atomic E-state index is 0.00104. The van der Waals surface area contributed by atoms with E-state index >= 15 is 0 Å². The van der Waals surface area contributed by atoms with Crippen LogP contribution in [0.25, 0.3) is 11.1 Å². The van der Waals surface area contributed by atoms with Gasteiger partial charge in [-0.1, -0.05) is 60.7 Å². The lowest BCUT2D eigenvalue weighted by Gasteiger charge is -2.08. The molecule has 0 unspecified atom stereocenters. The molecular formula is C20H15NO3. The number of carboxylic acid groups (broad SMARTS) is 1. The summed E-state index contributed by atoms with van der Waals surface area (Å²) in [5, 5.41) is 9.22. The number of carbonyl (C=O) groups excluding carboxylic acids is 1. The average molecular weight is 317 g/mol. The lowest BCUT2D eigenvalue weighted by molar-refractivity contribution is 0.0693. The van der Waals surface area contributed by atoms with Gasteiger partial charge in [0.15, 0.2) is 5.78 Å². The maximum Gasteiger partial charge on any atom is 0.336 e. The van der Waals surface area contributed by atoms with Crippen LogP contribution in [-0.4, -0.2) is 16.9 Å². The zero-order chi connectivity index (χ0) is 17.1. The average Bonchev–Trinajstić information content (AvgIpc) is 2.62. The largest absolute Gasteiger partial charge is 0.478 e. The van der Waals surface area contributed by atoms with Gasteiger partial charge in [0.05, 0.1) is 5.56 Å². The summed E-state index contributed by atoms with van der Waals surface area (Å²) in [4.78, 5) is 23.9. The van der Waals surface area contributed by atoms with E-state index < -0.39 is 5.97 Å². The van der Waals surface area contributed by atoms with E-state index in [2.05, 4.69) is 0 Å². The molecule has 4 nitrogen and oxygen atoms in total. The molecule has 3 N–H and O–H groups in total. The number of hydrogen-bond acceptors (Lipinski definition) is 3. The Kier molecular flexibility index (Phi) is 4.12. The SMILES string of the molecule is Nc1ccccc1-c1ccc(C(=O)c2ccccc2C(=O)O)cc1. The maximum atomic E-state index is 12.6. The molecule has 4 heteroatoms. The topological polar surface area (TPSA) is 80.4 Å². The molecule has 0 fully saturated rings. The number of hydrogen-bond donors (Lipinski definition) is 2. The van der Waals surface area contributed by atoms with Crippen LogP contribution in [0.1, 0.15) is 26.3 Å². The molecule has 24 heavy (non-hydrogen) atoms. The van der Waals surface area contributed by atoms with Crippen LogP contribution in [0.4, 0.5) is 5.69 Å². The summed E-state index contributed by atoms with van der Waals surface area (Å²) in [6.07, 6.45) is 0. The van der Waals surface area contributed by atoms with Crippen LogP contribution in [0.3, 0.4) is 0 Å². The second-order valence-electron chi connectivity index (χ2n) is 5.34. The van der Waals surface area contributed by atoms with Gasteiger partial charge in [-0.3, -0.25) is 4.79 Å². The van der Waals surface area contributed by atoms with Crippen molar-refractivity contribution in [3.63, 3.8) is 0 Å². The third kappa shape index (κ3) is 2.90. The summed E-state index contributed by atoms with van der Waals surface area (Å²) < 4.78 is 0. The predicted molar refractivity (Wildman–Crippen MR) is 93.1 cm³/mol. The minimum Gasteiger partial charge on any atom is -0.478 e. The third-order valence-corrected chi connectivity index (χ3v) is 3.82. The third-order valence-electron chi connectivity index (χ3n) is 3.82. The van der Waals surface area contributed by atoms with Crippen molar-refractivity contribution in [2.45, 2.75) is 0 Å². The fourth-order valence-corrected chi connectivity index (χ4v) is 2.58. The molecule has 0 radical (unpaired) electrons. The second-order valence-corrected chi connectivity index (χ2v) is 5.34. The number of para-hydroxylation sites is 1. The summed E-state index contributed by atoms with van der Waals surface area (Å²) in [6.45, 7) is 0. The van der Waals surface area contributed by atoms with Gasteiger partial charge in [-0.2, -0.15) is 0 Å².